The number of nitrogen functional groups attached to an aromatic ring is 1. The van der Waals surface area contributed by atoms with E-state index in [1.807, 2.05) is 67.9 Å². The number of nitrogens with zero attached hydrogens (tertiary/aromatic N) is 5. The van der Waals surface area contributed by atoms with Crippen LogP contribution in [-0.4, -0.2) is 57.5 Å². The van der Waals surface area contributed by atoms with Crippen LogP contribution in [0.15, 0.2) is 54.9 Å². The molecule has 0 saturated carbocycles. The Hall–Kier alpha value is -4.36. The SMILES string of the molecule is CC(C)[Si](C#Cc1cccc(Oc2ccc(-c3nn(C[C@@H]4CCCN(C(=O)OC(C)(C)C)C4)c4ncnc(N)c34)cc2)c1)(C(C)C)C(C)C. The van der Waals surface area contributed by atoms with Crippen LogP contribution in [0.5, 0.6) is 11.5 Å². The number of rotatable bonds is 8. The molecule has 1 atom stereocenters. The van der Waals surface area contributed by atoms with Gasteiger partial charge in [-0.1, -0.05) is 53.5 Å². The summed E-state index contributed by atoms with van der Waals surface area (Å²) in [5.41, 5.74) is 14.6. The van der Waals surface area contributed by atoms with Crippen molar-refractivity contribution in [3.63, 3.8) is 0 Å². The van der Waals surface area contributed by atoms with E-state index >= 15 is 0 Å². The van der Waals surface area contributed by atoms with E-state index in [-0.39, 0.29) is 12.0 Å². The van der Waals surface area contributed by atoms with Gasteiger partial charge in [-0.3, -0.25) is 0 Å². The average Bonchev–Trinajstić information content (AvgIpc) is 3.40. The molecule has 0 aliphatic carbocycles. The standard InChI is InChI=1S/C39H52N6O3Si/c1-26(2)49(27(3)4,28(5)6)21-19-29-12-10-14-33(22-29)47-32-17-15-31(16-18-32)35-34-36(40)41-25-42-37(34)45(43-35)24-30-13-11-20-44(23-30)38(46)48-39(7,8)9/h10,12,14-18,22,25-28,30H,11,13,20,23-24H2,1-9H3,(H2,40,41,42)/t30-/m1/s1. The fourth-order valence-corrected chi connectivity index (χ4v) is 12.6. The average molecular weight is 681 g/mol. The van der Waals surface area contributed by atoms with Crippen LogP contribution in [0, 0.1) is 17.4 Å². The van der Waals surface area contributed by atoms with Crippen molar-refractivity contribution < 1.29 is 14.3 Å². The molecule has 9 nitrogen and oxygen atoms in total. The third-order valence-corrected chi connectivity index (χ3v) is 15.9. The van der Waals surface area contributed by atoms with Gasteiger partial charge in [0.05, 0.1) is 5.39 Å². The van der Waals surface area contributed by atoms with Gasteiger partial charge >= 0.3 is 6.09 Å². The minimum atomic E-state index is -1.84. The van der Waals surface area contributed by atoms with E-state index in [9.17, 15) is 4.79 Å². The summed E-state index contributed by atoms with van der Waals surface area (Å²) in [6.45, 7) is 21.5. The molecular weight excluding hydrogens is 629 g/mol. The topological polar surface area (TPSA) is 108 Å². The highest BCUT2D eigenvalue weighted by molar-refractivity contribution is 6.90. The van der Waals surface area contributed by atoms with Gasteiger partial charge in [0.15, 0.2) is 5.65 Å². The number of likely N-dealkylation sites (tertiary alicyclic amines) is 1. The first kappa shape index (κ1) is 35.9. The summed E-state index contributed by atoms with van der Waals surface area (Å²) < 4.78 is 13.8. The Balaban J connectivity index is 1.35. The van der Waals surface area contributed by atoms with Crippen LogP contribution in [0.1, 0.15) is 80.7 Å². The van der Waals surface area contributed by atoms with Crippen LogP contribution < -0.4 is 10.5 Å². The Labute approximate surface area is 292 Å². The summed E-state index contributed by atoms with van der Waals surface area (Å²) >= 11 is 0. The van der Waals surface area contributed by atoms with Crippen molar-refractivity contribution in [2.75, 3.05) is 18.8 Å². The number of anilines is 1. The number of benzene rings is 2. The molecule has 1 aliphatic rings. The molecule has 5 rings (SSSR count). The Morgan fingerprint density at radius 3 is 2.35 bits per heavy atom. The van der Waals surface area contributed by atoms with Gasteiger partial charge in [0.2, 0.25) is 0 Å². The number of hydrogen-bond acceptors (Lipinski definition) is 7. The number of aromatic nitrogens is 4. The van der Waals surface area contributed by atoms with Crippen LogP contribution in [-0.2, 0) is 11.3 Å². The van der Waals surface area contributed by atoms with Crippen LogP contribution in [0.2, 0.25) is 16.6 Å². The predicted octanol–water partition coefficient (Wildman–Crippen LogP) is 9.08. The molecular formula is C39H52N6O3Si. The molecule has 1 saturated heterocycles. The van der Waals surface area contributed by atoms with Crippen molar-refractivity contribution in [2.45, 2.75) is 104 Å². The van der Waals surface area contributed by atoms with Crippen molar-refractivity contribution in [1.29, 1.82) is 0 Å². The molecule has 49 heavy (non-hydrogen) atoms. The summed E-state index contributed by atoms with van der Waals surface area (Å²) in [5.74, 6) is 5.56. The summed E-state index contributed by atoms with van der Waals surface area (Å²) in [5, 5.41) is 5.71. The van der Waals surface area contributed by atoms with E-state index in [0.29, 0.717) is 64.6 Å². The van der Waals surface area contributed by atoms with Crippen LogP contribution in [0.3, 0.4) is 0 Å². The number of amides is 1. The van der Waals surface area contributed by atoms with Crippen molar-refractivity contribution in [3.8, 4) is 34.2 Å². The number of nitrogens with two attached hydrogens (primary N) is 1. The fraction of sp³-hybridized carbons (Fsp3) is 0.487. The summed E-state index contributed by atoms with van der Waals surface area (Å²) in [4.78, 5) is 23.4. The zero-order valence-corrected chi connectivity index (χ0v) is 31.6. The molecule has 0 spiro atoms. The highest BCUT2D eigenvalue weighted by atomic mass is 28.3. The lowest BCUT2D eigenvalue weighted by Gasteiger charge is -2.38. The number of carbonyl (C=O) groups is 1. The van der Waals surface area contributed by atoms with E-state index in [1.165, 1.54) is 6.33 Å². The highest BCUT2D eigenvalue weighted by Gasteiger charge is 2.41. The van der Waals surface area contributed by atoms with Crippen LogP contribution in [0.4, 0.5) is 10.6 Å². The second-order valence-electron chi connectivity index (χ2n) is 15.2. The van der Waals surface area contributed by atoms with Crippen molar-refractivity contribution in [1.82, 2.24) is 24.6 Å². The number of carbonyl (C=O) groups excluding carboxylic acids is 1. The van der Waals surface area contributed by atoms with Gasteiger partial charge in [0.25, 0.3) is 0 Å². The van der Waals surface area contributed by atoms with Gasteiger partial charge in [-0.05, 0) is 98.6 Å². The number of hydrogen-bond donors (Lipinski definition) is 1. The lowest BCUT2D eigenvalue weighted by Crippen LogP contribution is -2.43. The second kappa shape index (κ2) is 14.6. The van der Waals surface area contributed by atoms with E-state index < -0.39 is 13.7 Å². The minimum absolute atomic E-state index is 0.199. The molecule has 4 aromatic rings. The van der Waals surface area contributed by atoms with Gasteiger partial charge in [-0.15, -0.1) is 5.54 Å². The molecule has 1 fully saturated rings. The zero-order chi connectivity index (χ0) is 35.5. The van der Waals surface area contributed by atoms with Crippen molar-refractivity contribution in [3.05, 3.63) is 60.4 Å². The first-order valence-electron chi connectivity index (χ1n) is 17.5. The van der Waals surface area contributed by atoms with E-state index in [2.05, 4.69) is 69.0 Å². The maximum atomic E-state index is 12.8. The van der Waals surface area contributed by atoms with Gasteiger partial charge in [-0.25, -0.2) is 19.4 Å². The van der Waals surface area contributed by atoms with E-state index in [4.69, 9.17) is 20.3 Å². The normalized spacial score (nSPS) is 15.5. The Bertz CT molecular complexity index is 1810. The van der Waals surface area contributed by atoms with E-state index in [0.717, 1.165) is 29.7 Å². The second-order valence-corrected chi connectivity index (χ2v) is 20.8. The Kier molecular flexibility index (Phi) is 10.7. The van der Waals surface area contributed by atoms with Crippen molar-refractivity contribution >= 4 is 31.0 Å². The van der Waals surface area contributed by atoms with Gasteiger partial charge in [0.1, 0.15) is 43.0 Å². The minimum Gasteiger partial charge on any atom is -0.457 e. The number of piperidine rings is 1. The molecule has 2 aromatic heterocycles. The molecule has 1 aliphatic heterocycles. The molecule has 0 unspecified atom stereocenters. The summed E-state index contributed by atoms with van der Waals surface area (Å²) in [6, 6.07) is 15.9. The predicted molar refractivity (Wildman–Crippen MR) is 200 cm³/mol. The highest BCUT2D eigenvalue weighted by Crippen LogP contribution is 2.41. The van der Waals surface area contributed by atoms with Gasteiger partial charge in [-0.2, -0.15) is 5.10 Å². The molecule has 10 heteroatoms. The molecule has 3 heterocycles. The molecule has 0 radical (unpaired) electrons. The largest absolute Gasteiger partial charge is 0.457 e. The molecule has 0 bridgehead atoms. The van der Waals surface area contributed by atoms with Gasteiger partial charge in [0, 0.05) is 30.8 Å². The third-order valence-electron chi connectivity index (χ3n) is 9.65. The maximum absolute atomic E-state index is 12.8. The maximum Gasteiger partial charge on any atom is 0.410 e. The van der Waals surface area contributed by atoms with E-state index in [1.54, 1.807) is 4.90 Å². The van der Waals surface area contributed by atoms with Gasteiger partial charge < -0.3 is 20.1 Å². The smallest absolute Gasteiger partial charge is 0.410 e. The Morgan fingerprint density at radius 1 is 1.00 bits per heavy atom. The first-order chi connectivity index (χ1) is 23.2. The third kappa shape index (κ3) is 8.10. The summed E-state index contributed by atoms with van der Waals surface area (Å²) in [7, 11) is -1.84. The lowest BCUT2D eigenvalue weighted by atomic mass is 9.98. The zero-order valence-electron chi connectivity index (χ0n) is 30.6. The molecule has 2 N–H and O–H groups in total. The first-order valence-corrected chi connectivity index (χ1v) is 19.8. The van der Waals surface area contributed by atoms with Crippen molar-refractivity contribution in [2.24, 2.45) is 5.92 Å². The van der Waals surface area contributed by atoms with Crippen LogP contribution in [0.25, 0.3) is 22.3 Å². The summed E-state index contributed by atoms with van der Waals surface area (Å²) in [6.07, 6.45) is 3.08. The lowest BCUT2D eigenvalue weighted by molar-refractivity contribution is 0.0156. The number of fused-ring (bicyclic) bond motifs is 1. The number of ether oxygens (including phenoxy) is 2. The van der Waals surface area contributed by atoms with Crippen LogP contribution >= 0.6 is 0 Å². The Morgan fingerprint density at radius 2 is 1.69 bits per heavy atom. The molecule has 2 aromatic carbocycles. The monoisotopic (exact) mass is 680 g/mol. The molecule has 260 valence electrons. The molecule has 1 amide bonds. The quantitative estimate of drug-likeness (QED) is 0.146. The fourth-order valence-electron chi connectivity index (χ4n) is 7.38.